The molecule has 1 fully saturated rings. The van der Waals surface area contributed by atoms with Crippen LogP contribution in [-0.2, 0) is 10.5 Å². The largest absolute Gasteiger partial charge is 0.378 e. The van der Waals surface area contributed by atoms with Crippen molar-refractivity contribution in [2.24, 2.45) is 0 Å². The highest BCUT2D eigenvalue weighted by atomic mass is 35.5. The maximum atomic E-state index is 6.14. The smallest absolute Gasteiger partial charge is 0.136 e. The van der Waals surface area contributed by atoms with Crippen LogP contribution in [0, 0.1) is 0 Å². The van der Waals surface area contributed by atoms with Gasteiger partial charge in [-0.1, -0.05) is 59.3 Å². The Balaban J connectivity index is 1.90. The molecule has 1 aliphatic heterocycles. The maximum absolute atomic E-state index is 6.14. The summed E-state index contributed by atoms with van der Waals surface area (Å²) in [5.74, 6) is 0.746. The molecule has 0 atom stereocenters. The SMILES string of the molecule is S=C(SCc1cccc(Cl)c1Cl)N1CCOCC1. The maximum Gasteiger partial charge on any atom is 0.136 e. The molecule has 0 unspecified atom stereocenters. The second-order valence-corrected chi connectivity index (χ2v) is 6.26. The molecule has 0 spiro atoms. The van der Waals surface area contributed by atoms with E-state index in [9.17, 15) is 0 Å². The molecule has 0 bridgehead atoms. The van der Waals surface area contributed by atoms with Crippen LogP contribution in [0.2, 0.25) is 10.0 Å². The number of nitrogens with zero attached hydrogens (tertiary/aromatic N) is 1. The number of benzene rings is 1. The van der Waals surface area contributed by atoms with E-state index < -0.39 is 0 Å². The Morgan fingerprint density at radius 2 is 2.06 bits per heavy atom. The van der Waals surface area contributed by atoms with Gasteiger partial charge in [0.25, 0.3) is 0 Å². The fraction of sp³-hybridized carbons (Fsp3) is 0.417. The highest BCUT2D eigenvalue weighted by Crippen LogP contribution is 2.29. The van der Waals surface area contributed by atoms with E-state index in [0.29, 0.717) is 10.0 Å². The van der Waals surface area contributed by atoms with Crippen molar-refractivity contribution < 1.29 is 4.74 Å². The third-order valence-corrected chi connectivity index (χ3v) is 5.08. The molecule has 1 aromatic carbocycles. The van der Waals surface area contributed by atoms with Crippen LogP contribution in [0.4, 0.5) is 0 Å². The van der Waals surface area contributed by atoms with E-state index in [0.717, 1.165) is 41.9 Å². The number of halogens is 2. The van der Waals surface area contributed by atoms with E-state index in [4.69, 9.17) is 40.2 Å². The molecule has 98 valence electrons. The van der Waals surface area contributed by atoms with E-state index in [2.05, 4.69) is 4.90 Å². The van der Waals surface area contributed by atoms with Crippen molar-refractivity contribution in [2.75, 3.05) is 26.3 Å². The molecule has 1 aromatic rings. The van der Waals surface area contributed by atoms with Gasteiger partial charge in [-0.2, -0.15) is 0 Å². The summed E-state index contributed by atoms with van der Waals surface area (Å²) >= 11 is 19.1. The Morgan fingerprint density at radius 3 is 2.78 bits per heavy atom. The van der Waals surface area contributed by atoms with Gasteiger partial charge >= 0.3 is 0 Å². The third kappa shape index (κ3) is 3.75. The average molecular weight is 322 g/mol. The molecule has 6 heteroatoms. The van der Waals surface area contributed by atoms with Gasteiger partial charge < -0.3 is 9.64 Å². The lowest BCUT2D eigenvalue weighted by Crippen LogP contribution is -2.38. The van der Waals surface area contributed by atoms with Crippen LogP contribution in [0.25, 0.3) is 0 Å². The standard InChI is InChI=1S/C12H13Cl2NOS2/c13-10-3-1-2-9(11(10)14)8-18-12(17)15-4-6-16-7-5-15/h1-3H,4-8H2. The second kappa shape index (κ2) is 6.96. The Labute approximate surface area is 127 Å². The number of rotatable bonds is 2. The Morgan fingerprint density at radius 1 is 1.33 bits per heavy atom. The fourth-order valence-corrected chi connectivity index (χ4v) is 3.35. The van der Waals surface area contributed by atoms with Crippen LogP contribution in [0.5, 0.6) is 0 Å². The summed E-state index contributed by atoms with van der Waals surface area (Å²) in [6.45, 7) is 3.24. The summed E-state index contributed by atoms with van der Waals surface area (Å²) in [5, 5.41) is 1.21. The predicted molar refractivity (Wildman–Crippen MR) is 82.7 cm³/mol. The highest BCUT2D eigenvalue weighted by Gasteiger charge is 2.14. The molecule has 0 amide bonds. The molecule has 0 aromatic heterocycles. The molecular formula is C12H13Cl2NOS2. The lowest BCUT2D eigenvalue weighted by molar-refractivity contribution is 0.0702. The van der Waals surface area contributed by atoms with Crippen LogP contribution in [0.15, 0.2) is 18.2 Å². The summed E-state index contributed by atoms with van der Waals surface area (Å²) in [4.78, 5) is 2.17. The zero-order valence-electron chi connectivity index (χ0n) is 9.70. The van der Waals surface area contributed by atoms with Crippen molar-refractivity contribution in [3.8, 4) is 0 Å². The molecule has 2 nitrogen and oxygen atoms in total. The molecule has 2 rings (SSSR count). The van der Waals surface area contributed by atoms with E-state index in [-0.39, 0.29) is 0 Å². The Bertz CT molecular complexity index is 436. The lowest BCUT2D eigenvalue weighted by atomic mass is 10.2. The number of morpholine rings is 1. The number of hydrogen-bond donors (Lipinski definition) is 0. The first-order valence-corrected chi connectivity index (χ1v) is 7.76. The number of thioether (sulfide) groups is 1. The summed E-state index contributed by atoms with van der Waals surface area (Å²) in [6.07, 6.45) is 0. The molecular weight excluding hydrogens is 309 g/mol. The minimum atomic E-state index is 0.590. The Kier molecular flexibility index (Phi) is 5.57. The van der Waals surface area contributed by atoms with Crippen molar-refractivity contribution in [3.05, 3.63) is 33.8 Å². The van der Waals surface area contributed by atoms with E-state index in [1.807, 2.05) is 12.1 Å². The van der Waals surface area contributed by atoms with Crippen LogP contribution < -0.4 is 0 Å². The zero-order valence-corrected chi connectivity index (χ0v) is 12.8. The number of ether oxygens (including phenoxy) is 1. The van der Waals surface area contributed by atoms with Gasteiger partial charge in [0.1, 0.15) is 4.32 Å². The van der Waals surface area contributed by atoms with Gasteiger partial charge in [0.2, 0.25) is 0 Å². The molecule has 0 radical (unpaired) electrons. The zero-order chi connectivity index (χ0) is 13.0. The molecule has 1 heterocycles. The first-order valence-electron chi connectivity index (χ1n) is 5.61. The van der Waals surface area contributed by atoms with Crippen LogP contribution >= 0.6 is 47.2 Å². The van der Waals surface area contributed by atoms with Crippen LogP contribution in [0.3, 0.4) is 0 Å². The topological polar surface area (TPSA) is 12.5 Å². The van der Waals surface area contributed by atoms with Gasteiger partial charge in [-0.3, -0.25) is 0 Å². The first-order chi connectivity index (χ1) is 8.68. The number of hydrogen-bond acceptors (Lipinski definition) is 3. The molecule has 0 aliphatic carbocycles. The fourth-order valence-electron chi connectivity index (χ4n) is 1.64. The Hall–Kier alpha value is -0.000000000000000132. The monoisotopic (exact) mass is 321 g/mol. The van der Waals surface area contributed by atoms with Gasteiger partial charge in [0.15, 0.2) is 0 Å². The minimum absolute atomic E-state index is 0.590. The number of thiocarbonyl (C=S) groups is 1. The van der Waals surface area contributed by atoms with Crippen LogP contribution in [-0.4, -0.2) is 35.5 Å². The molecule has 1 saturated heterocycles. The molecule has 0 N–H and O–H groups in total. The summed E-state index contributed by atoms with van der Waals surface area (Å²) in [5.41, 5.74) is 1.02. The van der Waals surface area contributed by atoms with Crippen LogP contribution in [0.1, 0.15) is 5.56 Å². The third-order valence-electron chi connectivity index (χ3n) is 2.65. The lowest BCUT2D eigenvalue weighted by Gasteiger charge is -2.28. The van der Waals surface area contributed by atoms with Gasteiger partial charge in [0.05, 0.1) is 23.3 Å². The normalized spacial score (nSPS) is 15.8. The van der Waals surface area contributed by atoms with E-state index in [1.54, 1.807) is 17.8 Å². The summed E-state index contributed by atoms with van der Waals surface area (Å²) in [7, 11) is 0. The van der Waals surface area contributed by atoms with Crippen molar-refractivity contribution in [3.63, 3.8) is 0 Å². The van der Waals surface area contributed by atoms with Crippen molar-refractivity contribution >= 4 is 51.5 Å². The highest BCUT2D eigenvalue weighted by molar-refractivity contribution is 8.22. The van der Waals surface area contributed by atoms with Crippen molar-refractivity contribution in [1.82, 2.24) is 4.90 Å². The first kappa shape index (κ1) is 14.4. The molecule has 1 aliphatic rings. The van der Waals surface area contributed by atoms with Gasteiger partial charge in [0, 0.05) is 18.8 Å². The van der Waals surface area contributed by atoms with E-state index >= 15 is 0 Å². The van der Waals surface area contributed by atoms with Gasteiger partial charge in [-0.25, -0.2) is 0 Å². The average Bonchev–Trinajstić information content (AvgIpc) is 2.41. The minimum Gasteiger partial charge on any atom is -0.378 e. The van der Waals surface area contributed by atoms with Gasteiger partial charge in [-0.15, -0.1) is 0 Å². The van der Waals surface area contributed by atoms with Crippen molar-refractivity contribution in [2.45, 2.75) is 5.75 Å². The molecule has 18 heavy (non-hydrogen) atoms. The van der Waals surface area contributed by atoms with E-state index in [1.165, 1.54) is 0 Å². The quantitative estimate of drug-likeness (QED) is 0.767. The van der Waals surface area contributed by atoms with Crippen molar-refractivity contribution in [1.29, 1.82) is 0 Å². The van der Waals surface area contributed by atoms with Gasteiger partial charge in [-0.05, 0) is 11.6 Å². The summed E-state index contributed by atoms with van der Waals surface area (Å²) in [6, 6.07) is 5.67. The predicted octanol–water partition coefficient (Wildman–Crippen LogP) is 3.84. The second-order valence-electron chi connectivity index (χ2n) is 3.87. The molecule has 0 saturated carbocycles. The summed E-state index contributed by atoms with van der Waals surface area (Å²) < 4.78 is 6.20.